The van der Waals surface area contributed by atoms with Gasteiger partial charge in [-0.2, -0.15) is 0 Å². The molecule has 2 atom stereocenters. The summed E-state index contributed by atoms with van der Waals surface area (Å²) in [5.74, 6) is 0.711. The van der Waals surface area contributed by atoms with Gasteiger partial charge >= 0.3 is 0 Å². The molecule has 0 aromatic heterocycles. The molecule has 1 aliphatic heterocycles. The van der Waals surface area contributed by atoms with E-state index >= 15 is 0 Å². The van der Waals surface area contributed by atoms with Gasteiger partial charge in [-0.05, 0) is 69.6 Å². The minimum atomic E-state index is 0.558. The summed E-state index contributed by atoms with van der Waals surface area (Å²) in [6, 6.07) is 9.46. The van der Waals surface area contributed by atoms with Crippen LogP contribution in [0.15, 0.2) is 28.7 Å². The Balaban J connectivity index is 2.30. The molecule has 2 nitrogen and oxygen atoms in total. The predicted octanol–water partition coefficient (Wildman–Crippen LogP) is 4.22. The van der Waals surface area contributed by atoms with Crippen LogP contribution in [-0.4, -0.2) is 31.6 Å². The first kappa shape index (κ1) is 16.0. The number of halogens is 1. The fourth-order valence-corrected chi connectivity index (χ4v) is 3.92. The topological polar surface area (TPSA) is 15.3 Å². The van der Waals surface area contributed by atoms with Crippen molar-refractivity contribution in [1.29, 1.82) is 0 Å². The maximum absolute atomic E-state index is 3.63. The zero-order valence-electron chi connectivity index (χ0n) is 12.7. The number of rotatable bonds is 5. The number of hydrogen-bond acceptors (Lipinski definition) is 2. The zero-order chi connectivity index (χ0) is 14.4. The average Bonchev–Trinajstić information content (AvgIpc) is 2.62. The lowest BCUT2D eigenvalue weighted by Crippen LogP contribution is -2.36. The van der Waals surface area contributed by atoms with Crippen molar-refractivity contribution in [2.75, 3.05) is 26.7 Å². The smallest absolute Gasteiger partial charge is 0.0388 e. The van der Waals surface area contributed by atoms with Gasteiger partial charge in [0.15, 0.2) is 0 Å². The SMILES string of the molecule is CCCN1CCCCC(CNC)C1c1cccc(Br)c1. The van der Waals surface area contributed by atoms with E-state index < -0.39 is 0 Å². The van der Waals surface area contributed by atoms with Crippen molar-refractivity contribution < 1.29 is 0 Å². The van der Waals surface area contributed by atoms with E-state index in [0.29, 0.717) is 12.0 Å². The van der Waals surface area contributed by atoms with Gasteiger partial charge in [-0.25, -0.2) is 0 Å². The molecule has 2 unspecified atom stereocenters. The molecule has 2 rings (SSSR count). The Morgan fingerprint density at radius 3 is 2.90 bits per heavy atom. The first-order chi connectivity index (χ1) is 9.76. The van der Waals surface area contributed by atoms with Crippen molar-refractivity contribution in [3.63, 3.8) is 0 Å². The van der Waals surface area contributed by atoms with Crippen LogP contribution in [0.4, 0.5) is 0 Å². The highest BCUT2D eigenvalue weighted by atomic mass is 79.9. The summed E-state index contributed by atoms with van der Waals surface area (Å²) in [5, 5.41) is 3.40. The van der Waals surface area contributed by atoms with Crippen LogP contribution in [-0.2, 0) is 0 Å². The van der Waals surface area contributed by atoms with Crippen LogP contribution in [0, 0.1) is 5.92 Å². The predicted molar refractivity (Wildman–Crippen MR) is 90.0 cm³/mol. The second-order valence-corrected chi connectivity index (χ2v) is 6.77. The summed E-state index contributed by atoms with van der Waals surface area (Å²) in [6.45, 7) is 5.84. The van der Waals surface area contributed by atoms with Gasteiger partial charge < -0.3 is 5.32 Å². The molecule has 0 aliphatic carbocycles. The average molecular weight is 339 g/mol. The molecule has 0 radical (unpaired) electrons. The van der Waals surface area contributed by atoms with Crippen LogP contribution < -0.4 is 5.32 Å². The van der Waals surface area contributed by atoms with Crippen LogP contribution in [0.2, 0.25) is 0 Å². The lowest BCUT2D eigenvalue weighted by atomic mass is 9.89. The maximum atomic E-state index is 3.63. The maximum Gasteiger partial charge on any atom is 0.0388 e. The first-order valence-electron chi connectivity index (χ1n) is 7.90. The quantitative estimate of drug-likeness (QED) is 0.864. The second kappa shape index (κ2) is 8.16. The monoisotopic (exact) mass is 338 g/mol. The molecule has 1 fully saturated rings. The number of likely N-dealkylation sites (tertiary alicyclic amines) is 1. The van der Waals surface area contributed by atoms with E-state index in [1.807, 2.05) is 0 Å². The molecule has 0 spiro atoms. The van der Waals surface area contributed by atoms with Gasteiger partial charge in [0, 0.05) is 10.5 Å². The molecule has 3 heteroatoms. The van der Waals surface area contributed by atoms with Crippen molar-refractivity contribution in [3.05, 3.63) is 34.3 Å². The standard InChI is InChI=1S/C17H27BrN2/c1-3-10-20-11-5-4-7-15(13-19-2)17(20)14-8-6-9-16(18)12-14/h6,8-9,12,15,17,19H,3-5,7,10-11,13H2,1-2H3. The van der Waals surface area contributed by atoms with E-state index in [-0.39, 0.29) is 0 Å². The van der Waals surface area contributed by atoms with Gasteiger partial charge in [0.1, 0.15) is 0 Å². The van der Waals surface area contributed by atoms with Gasteiger partial charge in [0.05, 0.1) is 0 Å². The molecule has 1 heterocycles. The van der Waals surface area contributed by atoms with Gasteiger partial charge in [-0.3, -0.25) is 4.90 Å². The molecule has 20 heavy (non-hydrogen) atoms. The minimum absolute atomic E-state index is 0.558. The van der Waals surface area contributed by atoms with E-state index in [1.54, 1.807) is 0 Å². The molecule has 112 valence electrons. The Morgan fingerprint density at radius 1 is 1.35 bits per heavy atom. The van der Waals surface area contributed by atoms with E-state index in [4.69, 9.17) is 0 Å². The summed E-state index contributed by atoms with van der Waals surface area (Å²) in [6.07, 6.45) is 5.26. The van der Waals surface area contributed by atoms with Crippen LogP contribution in [0.5, 0.6) is 0 Å². The Labute approximate surface area is 132 Å². The van der Waals surface area contributed by atoms with Crippen molar-refractivity contribution in [2.45, 2.75) is 38.6 Å². The number of benzene rings is 1. The highest BCUT2D eigenvalue weighted by Crippen LogP contribution is 2.35. The summed E-state index contributed by atoms with van der Waals surface area (Å²) < 4.78 is 1.19. The third-order valence-electron chi connectivity index (χ3n) is 4.28. The van der Waals surface area contributed by atoms with Gasteiger partial charge in [-0.15, -0.1) is 0 Å². The molecule has 1 aromatic carbocycles. The minimum Gasteiger partial charge on any atom is -0.319 e. The first-order valence-corrected chi connectivity index (χ1v) is 8.69. The highest BCUT2D eigenvalue weighted by Gasteiger charge is 2.30. The third kappa shape index (κ3) is 4.06. The van der Waals surface area contributed by atoms with E-state index in [2.05, 4.69) is 64.4 Å². The summed E-state index contributed by atoms with van der Waals surface area (Å²) in [7, 11) is 2.08. The van der Waals surface area contributed by atoms with Gasteiger partial charge in [0.2, 0.25) is 0 Å². The summed E-state index contributed by atoms with van der Waals surface area (Å²) in [5.41, 5.74) is 1.47. The fraction of sp³-hybridized carbons (Fsp3) is 0.647. The van der Waals surface area contributed by atoms with Crippen molar-refractivity contribution in [3.8, 4) is 0 Å². The van der Waals surface area contributed by atoms with E-state index in [0.717, 1.165) is 6.54 Å². The van der Waals surface area contributed by atoms with Gasteiger partial charge in [-0.1, -0.05) is 41.4 Å². The number of hydrogen-bond donors (Lipinski definition) is 1. The van der Waals surface area contributed by atoms with Crippen LogP contribution in [0.1, 0.15) is 44.2 Å². The van der Waals surface area contributed by atoms with Crippen LogP contribution in [0.3, 0.4) is 0 Å². The van der Waals surface area contributed by atoms with E-state index in [1.165, 1.54) is 48.8 Å². The summed E-state index contributed by atoms with van der Waals surface area (Å²) >= 11 is 3.63. The van der Waals surface area contributed by atoms with Crippen molar-refractivity contribution in [2.24, 2.45) is 5.92 Å². The number of nitrogens with one attached hydrogen (secondary N) is 1. The fourth-order valence-electron chi connectivity index (χ4n) is 3.50. The van der Waals surface area contributed by atoms with Crippen LogP contribution in [0.25, 0.3) is 0 Å². The summed E-state index contributed by atoms with van der Waals surface area (Å²) in [4.78, 5) is 2.71. The second-order valence-electron chi connectivity index (χ2n) is 5.85. The van der Waals surface area contributed by atoms with Crippen LogP contribution >= 0.6 is 15.9 Å². The third-order valence-corrected chi connectivity index (χ3v) is 4.77. The molecule has 1 N–H and O–H groups in total. The lowest BCUT2D eigenvalue weighted by molar-refractivity contribution is 0.154. The Morgan fingerprint density at radius 2 is 2.20 bits per heavy atom. The number of nitrogens with zero attached hydrogens (tertiary/aromatic N) is 1. The molecule has 1 saturated heterocycles. The largest absolute Gasteiger partial charge is 0.319 e. The van der Waals surface area contributed by atoms with Gasteiger partial charge in [0.25, 0.3) is 0 Å². The Bertz CT molecular complexity index is 392. The van der Waals surface area contributed by atoms with Crippen molar-refractivity contribution in [1.82, 2.24) is 10.2 Å². The Hall–Kier alpha value is -0.380. The molecular formula is C17H27BrN2. The molecule has 0 amide bonds. The lowest BCUT2D eigenvalue weighted by Gasteiger charge is -2.35. The molecule has 0 bridgehead atoms. The highest BCUT2D eigenvalue weighted by molar-refractivity contribution is 9.10. The molecule has 1 aliphatic rings. The van der Waals surface area contributed by atoms with Crippen molar-refractivity contribution >= 4 is 15.9 Å². The molecule has 1 aromatic rings. The zero-order valence-corrected chi connectivity index (χ0v) is 14.3. The Kier molecular flexibility index (Phi) is 6.53. The van der Waals surface area contributed by atoms with E-state index in [9.17, 15) is 0 Å². The normalized spacial score (nSPS) is 24.6. The molecular weight excluding hydrogens is 312 g/mol. The molecule has 0 saturated carbocycles.